The molecule has 0 aromatic carbocycles. The van der Waals surface area contributed by atoms with Crippen molar-refractivity contribution < 1.29 is 19.1 Å². The number of carbonyl (C=O) groups is 2. The van der Waals surface area contributed by atoms with Gasteiger partial charge in [-0.05, 0) is 111 Å². The van der Waals surface area contributed by atoms with Gasteiger partial charge < -0.3 is 14.4 Å². The Balaban J connectivity index is 2.37. The summed E-state index contributed by atoms with van der Waals surface area (Å²) in [7, 11) is 4.13. The van der Waals surface area contributed by atoms with Crippen LogP contribution in [0.25, 0.3) is 0 Å². The molecule has 0 aromatic heterocycles. The van der Waals surface area contributed by atoms with Crippen LogP contribution in [0.2, 0.25) is 0 Å². The minimum Gasteiger partial charge on any atom is -0.444 e. The Labute approximate surface area is 309 Å². The second-order valence-corrected chi connectivity index (χ2v) is 14.5. The molecule has 0 aliphatic carbocycles. The van der Waals surface area contributed by atoms with E-state index in [9.17, 15) is 9.59 Å². The molecule has 0 spiro atoms. The first kappa shape index (κ1) is 45.6. The van der Waals surface area contributed by atoms with E-state index in [1.807, 2.05) is 0 Å². The standard InChI is InChI=1S/C45H77NO4/c1-5-7-9-11-13-15-17-19-21-23-25-27-29-31-33-38-43(47)45(49-41-42(50-45)37-35-36-40-46(3)4)44(48)39-34-32-30-28-26-24-22-20-18-16-14-12-10-8-6-2/h13-16,19-22,41H,5-12,17-18,23-40H2,1-4H3/b15-13-,16-14-,21-19-,22-20-. The molecule has 1 aliphatic rings. The Hall–Kier alpha value is -2.40. The highest BCUT2D eigenvalue weighted by molar-refractivity contribution is 6.09. The van der Waals surface area contributed by atoms with Crippen LogP contribution in [0, 0.1) is 0 Å². The van der Waals surface area contributed by atoms with Gasteiger partial charge in [-0.2, -0.15) is 0 Å². The van der Waals surface area contributed by atoms with Crippen LogP contribution in [0.5, 0.6) is 0 Å². The van der Waals surface area contributed by atoms with Gasteiger partial charge in [-0.1, -0.05) is 127 Å². The molecule has 286 valence electrons. The van der Waals surface area contributed by atoms with Crippen LogP contribution in [0.3, 0.4) is 0 Å². The van der Waals surface area contributed by atoms with Crippen LogP contribution in [0.15, 0.2) is 60.6 Å². The zero-order valence-corrected chi connectivity index (χ0v) is 33.1. The second kappa shape index (κ2) is 32.5. The fourth-order valence-corrected chi connectivity index (χ4v) is 6.14. The Bertz CT molecular complexity index is 931. The number of nitrogens with zero attached hydrogens (tertiary/aromatic N) is 1. The lowest BCUT2D eigenvalue weighted by Gasteiger charge is -2.25. The third-order valence-electron chi connectivity index (χ3n) is 9.35. The highest BCUT2D eigenvalue weighted by Gasteiger charge is 2.52. The molecule has 0 radical (unpaired) electrons. The molecule has 0 saturated carbocycles. The van der Waals surface area contributed by atoms with Crippen molar-refractivity contribution in [3.05, 3.63) is 60.6 Å². The predicted molar refractivity (Wildman–Crippen MR) is 214 cm³/mol. The van der Waals surface area contributed by atoms with Crippen molar-refractivity contribution in [2.75, 3.05) is 20.6 Å². The van der Waals surface area contributed by atoms with Gasteiger partial charge in [0.1, 0.15) is 12.0 Å². The first-order valence-electron chi connectivity index (χ1n) is 20.8. The van der Waals surface area contributed by atoms with Crippen LogP contribution in [-0.2, 0) is 19.1 Å². The van der Waals surface area contributed by atoms with Gasteiger partial charge in [0.15, 0.2) is 0 Å². The summed E-state index contributed by atoms with van der Waals surface area (Å²) < 4.78 is 12.0. The summed E-state index contributed by atoms with van der Waals surface area (Å²) in [6.07, 6.45) is 48.0. The normalized spacial score (nSPS) is 14.5. The van der Waals surface area contributed by atoms with Gasteiger partial charge in [-0.3, -0.25) is 9.59 Å². The van der Waals surface area contributed by atoms with E-state index in [1.54, 1.807) is 0 Å². The second-order valence-electron chi connectivity index (χ2n) is 14.5. The van der Waals surface area contributed by atoms with Gasteiger partial charge in [-0.25, -0.2) is 0 Å². The van der Waals surface area contributed by atoms with Gasteiger partial charge in [0, 0.05) is 19.3 Å². The zero-order valence-electron chi connectivity index (χ0n) is 33.1. The van der Waals surface area contributed by atoms with E-state index in [0.29, 0.717) is 25.0 Å². The number of ketones is 2. The van der Waals surface area contributed by atoms with E-state index < -0.39 is 5.79 Å². The molecule has 5 heteroatoms. The third-order valence-corrected chi connectivity index (χ3v) is 9.35. The molecule has 0 atom stereocenters. The van der Waals surface area contributed by atoms with E-state index >= 15 is 0 Å². The minimum atomic E-state index is -1.76. The Morgan fingerprint density at radius 3 is 1.42 bits per heavy atom. The lowest BCUT2D eigenvalue weighted by atomic mass is 9.96. The number of rotatable bonds is 35. The maximum Gasteiger partial charge on any atom is 0.372 e. The molecule has 0 N–H and O–H groups in total. The summed E-state index contributed by atoms with van der Waals surface area (Å²) in [5, 5.41) is 0. The van der Waals surface area contributed by atoms with Gasteiger partial charge in [0.05, 0.1) is 0 Å². The lowest BCUT2D eigenvalue weighted by molar-refractivity contribution is -0.185. The van der Waals surface area contributed by atoms with Crippen molar-refractivity contribution in [2.24, 2.45) is 0 Å². The average Bonchev–Trinajstić information content (AvgIpc) is 3.55. The van der Waals surface area contributed by atoms with Crippen molar-refractivity contribution in [1.82, 2.24) is 4.90 Å². The fourth-order valence-electron chi connectivity index (χ4n) is 6.14. The number of ether oxygens (including phenoxy) is 2. The molecule has 0 aromatic rings. The number of hydrogen-bond acceptors (Lipinski definition) is 5. The van der Waals surface area contributed by atoms with Crippen molar-refractivity contribution in [2.45, 2.75) is 193 Å². The first-order chi connectivity index (χ1) is 24.5. The van der Waals surface area contributed by atoms with Crippen molar-refractivity contribution in [1.29, 1.82) is 0 Å². The number of carbonyl (C=O) groups excluding carboxylic acids is 2. The smallest absolute Gasteiger partial charge is 0.372 e. The zero-order chi connectivity index (χ0) is 36.4. The van der Waals surface area contributed by atoms with Crippen molar-refractivity contribution in [3.8, 4) is 0 Å². The number of unbranched alkanes of at least 4 members (excludes halogenated alkanes) is 17. The summed E-state index contributed by atoms with van der Waals surface area (Å²) in [4.78, 5) is 29.2. The Kier molecular flexibility index (Phi) is 29.7. The molecule has 0 fully saturated rings. The van der Waals surface area contributed by atoms with E-state index in [2.05, 4.69) is 81.5 Å². The Morgan fingerprint density at radius 2 is 0.980 bits per heavy atom. The molecule has 0 bridgehead atoms. The van der Waals surface area contributed by atoms with Gasteiger partial charge in [-0.15, -0.1) is 0 Å². The van der Waals surface area contributed by atoms with E-state index in [-0.39, 0.29) is 11.6 Å². The van der Waals surface area contributed by atoms with E-state index in [1.165, 1.54) is 70.5 Å². The third kappa shape index (κ3) is 23.9. The molecule has 1 rings (SSSR count). The molecular weight excluding hydrogens is 618 g/mol. The SMILES string of the molecule is CCCCC/C=C\C/C=C\CCCCCCCC(=O)C1(C(=O)CCCCCCC/C=C\C/C=C\CCCCC)OC=C(CCCCN(C)C)O1. The molecule has 1 heterocycles. The Morgan fingerprint density at radius 1 is 0.560 bits per heavy atom. The van der Waals surface area contributed by atoms with Crippen LogP contribution in [0.1, 0.15) is 187 Å². The van der Waals surface area contributed by atoms with Gasteiger partial charge in [0.25, 0.3) is 0 Å². The van der Waals surface area contributed by atoms with Crippen LogP contribution >= 0.6 is 0 Å². The van der Waals surface area contributed by atoms with Crippen LogP contribution in [0.4, 0.5) is 0 Å². The quantitative estimate of drug-likeness (QED) is 0.0375. The molecule has 0 saturated heterocycles. The molecular formula is C45H77NO4. The number of hydrogen-bond donors (Lipinski definition) is 0. The van der Waals surface area contributed by atoms with Gasteiger partial charge >= 0.3 is 5.79 Å². The number of Topliss-reactive ketones (excluding diaryl/α,β-unsaturated/α-hetero) is 2. The first-order valence-corrected chi connectivity index (χ1v) is 20.8. The van der Waals surface area contributed by atoms with Crippen molar-refractivity contribution in [3.63, 3.8) is 0 Å². The van der Waals surface area contributed by atoms with E-state index in [0.717, 1.165) is 96.4 Å². The fraction of sp³-hybridized carbons (Fsp3) is 0.733. The lowest BCUT2D eigenvalue weighted by Crippen LogP contribution is -2.48. The monoisotopic (exact) mass is 696 g/mol. The topological polar surface area (TPSA) is 55.8 Å². The summed E-state index contributed by atoms with van der Waals surface area (Å²) in [5.74, 6) is -1.56. The van der Waals surface area contributed by atoms with Crippen LogP contribution in [-0.4, -0.2) is 42.9 Å². The number of allylic oxidation sites excluding steroid dienone is 9. The average molecular weight is 696 g/mol. The van der Waals surface area contributed by atoms with Crippen molar-refractivity contribution >= 4 is 11.6 Å². The minimum absolute atomic E-state index is 0.213. The predicted octanol–water partition coefficient (Wildman–Crippen LogP) is 13.1. The molecule has 0 unspecified atom stereocenters. The molecule has 1 aliphatic heterocycles. The summed E-state index contributed by atoms with van der Waals surface area (Å²) >= 11 is 0. The molecule has 5 nitrogen and oxygen atoms in total. The molecule has 50 heavy (non-hydrogen) atoms. The maximum absolute atomic E-state index is 13.5. The molecule has 0 amide bonds. The summed E-state index contributed by atoms with van der Waals surface area (Å²) in [6, 6.07) is 0. The largest absolute Gasteiger partial charge is 0.444 e. The maximum atomic E-state index is 13.5. The van der Waals surface area contributed by atoms with Crippen LogP contribution < -0.4 is 0 Å². The van der Waals surface area contributed by atoms with Gasteiger partial charge in [0.2, 0.25) is 11.6 Å². The highest BCUT2D eigenvalue weighted by atomic mass is 16.7. The summed E-state index contributed by atoms with van der Waals surface area (Å²) in [6.45, 7) is 5.48. The van der Waals surface area contributed by atoms with E-state index in [4.69, 9.17) is 9.47 Å². The summed E-state index contributed by atoms with van der Waals surface area (Å²) in [5.41, 5.74) is 0. The highest BCUT2D eigenvalue weighted by Crippen LogP contribution is 2.33.